The average Bonchev–Trinajstić information content (AvgIpc) is 2.79. The number of hydrogen-bond donors (Lipinski definition) is 1. The van der Waals surface area contributed by atoms with Gasteiger partial charge >= 0.3 is 12.1 Å². The molecule has 1 aliphatic heterocycles. The summed E-state index contributed by atoms with van der Waals surface area (Å²) in [5, 5.41) is 1.95. The molecule has 0 aromatic carbocycles. The second-order valence-corrected chi connectivity index (χ2v) is 9.95. The Kier molecular flexibility index (Phi) is 5.07. The average molecular weight is 437 g/mol. The molecule has 3 rings (SSSR count). The van der Waals surface area contributed by atoms with Crippen molar-refractivity contribution in [2.24, 2.45) is 11.3 Å². The molecule has 1 saturated heterocycles. The lowest BCUT2D eigenvalue weighted by atomic mass is 9.52. The highest BCUT2D eigenvalue weighted by Gasteiger charge is 2.63. The summed E-state index contributed by atoms with van der Waals surface area (Å²) in [6.07, 6.45) is 1.80. The molecule has 9 heteroatoms. The van der Waals surface area contributed by atoms with Gasteiger partial charge < -0.3 is 9.47 Å². The summed E-state index contributed by atoms with van der Waals surface area (Å²) in [6, 6.07) is 0. The van der Waals surface area contributed by atoms with Gasteiger partial charge in [-0.05, 0) is 31.3 Å². The van der Waals surface area contributed by atoms with Gasteiger partial charge in [0.05, 0.1) is 0 Å². The van der Waals surface area contributed by atoms with E-state index in [4.69, 9.17) is 44.3 Å². The molecule has 3 fully saturated rings. The maximum Gasteiger partial charge on any atom is 0.414 e. The van der Waals surface area contributed by atoms with Crippen LogP contribution in [0.1, 0.15) is 39.0 Å². The lowest BCUT2D eigenvalue weighted by Gasteiger charge is -2.56. The first-order chi connectivity index (χ1) is 12.4. The van der Waals surface area contributed by atoms with Crippen molar-refractivity contribution in [3.05, 3.63) is 24.3 Å². The molecule has 0 aromatic rings. The monoisotopic (exact) mass is 435 g/mol. The Bertz CT molecular complexity index is 746. The molecule has 0 spiro atoms. The molecule has 2 aliphatic carbocycles. The number of hydrogen-bond acceptors (Lipinski definition) is 5. The second-order valence-electron chi connectivity index (χ2n) is 7.67. The van der Waals surface area contributed by atoms with E-state index in [1.807, 2.05) is 12.2 Å². The largest absolute Gasteiger partial charge is 0.458 e. The minimum absolute atomic E-state index is 0.280. The van der Waals surface area contributed by atoms with Crippen molar-refractivity contribution in [3.63, 3.8) is 0 Å². The van der Waals surface area contributed by atoms with Gasteiger partial charge in [0.1, 0.15) is 11.7 Å². The molecule has 3 aliphatic rings. The summed E-state index contributed by atoms with van der Waals surface area (Å²) in [5.74, 6) is -1.81. The lowest BCUT2D eigenvalue weighted by Crippen LogP contribution is -2.60. The molecule has 2 amide bonds. The normalized spacial score (nSPS) is 35.8. The van der Waals surface area contributed by atoms with E-state index in [2.05, 4.69) is 13.2 Å². The van der Waals surface area contributed by atoms with Crippen LogP contribution in [0.4, 0.5) is 4.79 Å². The van der Waals surface area contributed by atoms with Gasteiger partial charge in [-0.1, -0.05) is 54.9 Å². The van der Waals surface area contributed by atoms with Crippen LogP contribution < -0.4 is 5.32 Å². The van der Waals surface area contributed by atoms with E-state index in [1.165, 1.54) is 0 Å². The Labute approximate surface area is 172 Å². The van der Waals surface area contributed by atoms with E-state index >= 15 is 0 Å². The summed E-state index contributed by atoms with van der Waals surface area (Å²) >= 11 is 16.5. The zero-order valence-electron chi connectivity index (χ0n) is 14.8. The molecule has 6 nitrogen and oxygen atoms in total. The number of amides is 2. The van der Waals surface area contributed by atoms with Gasteiger partial charge in [0.15, 0.2) is 0 Å². The quantitative estimate of drug-likeness (QED) is 0.291. The van der Waals surface area contributed by atoms with Gasteiger partial charge in [-0.15, -0.1) is 0 Å². The third-order valence-electron chi connectivity index (χ3n) is 6.07. The standard InChI is InChI=1S/C18H20Cl3NO5/c1-9-5-4-6-16(3)8-12-11(10(2)13(23)26-12)7-17(9,16)27-15(25)22-14(24)18(19,20)21/h11-12H,1-2,4-8H2,3H3,(H,22,24,25). The van der Waals surface area contributed by atoms with Crippen LogP contribution in [0.25, 0.3) is 0 Å². The molecule has 0 aromatic heterocycles. The molecule has 1 heterocycles. The molecule has 27 heavy (non-hydrogen) atoms. The summed E-state index contributed by atoms with van der Waals surface area (Å²) in [6.45, 7) is 9.94. The fourth-order valence-corrected chi connectivity index (χ4v) is 4.77. The number of esters is 1. The number of rotatable bonds is 1. The number of fused-ring (bicyclic) bond motifs is 2. The smallest absolute Gasteiger partial charge is 0.414 e. The Morgan fingerprint density at radius 1 is 1.30 bits per heavy atom. The SMILES string of the molecule is C=C1C(=O)OC2CC3(C)CCCC(=C)C3(OC(=O)NC(=O)C(Cl)(Cl)Cl)CC12. The zero-order valence-corrected chi connectivity index (χ0v) is 17.0. The van der Waals surface area contributed by atoms with Crippen LogP contribution in [0.15, 0.2) is 24.3 Å². The maximum absolute atomic E-state index is 12.5. The van der Waals surface area contributed by atoms with Gasteiger partial charge in [-0.2, -0.15) is 0 Å². The Morgan fingerprint density at radius 3 is 2.59 bits per heavy atom. The minimum Gasteiger partial charge on any atom is -0.458 e. The Hall–Kier alpha value is -1.24. The van der Waals surface area contributed by atoms with Crippen molar-refractivity contribution < 1.29 is 23.9 Å². The van der Waals surface area contributed by atoms with Crippen LogP contribution in [0.2, 0.25) is 0 Å². The first-order valence-corrected chi connectivity index (χ1v) is 9.72. The van der Waals surface area contributed by atoms with Gasteiger partial charge in [0, 0.05) is 23.3 Å². The van der Waals surface area contributed by atoms with Crippen LogP contribution in [-0.4, -0.2) is 33.5 Å². The minimum atomic E-state index is -2.29. The highest BCUT2D eigenvalue weighted by Crippen LogP contribution is 2.60. The van der Waals surface area contributed by atoms with E-state index < -0.39 is 32.8 Å². The van der Waals surface area contributed by atoms with Crippen molar-refractivity contribution >= 4 is 52.8 Å². The molecule has 2 saturated carbocycles. The topological polar surface area (TPSA) is 81.7 Å². The summed E-state index contributed by atoms with van der Waals surface area (Å²) in [4.78, 5) is 36.2. The van der Waals surface area contributed by atoms with Gasteiger partial charge in [-0.3, -0.25) is 10.1 Å². The lowest BCUT2D eigenvalue weighted by molar-refractivity contribution is -0.156. The number of ether oxygens (including phenoxy) is 2. The van der Waals surface area contributed by atoms with Gasteiger partial charge in [-0.25, -0.2) is 9.59 Å². The second kappa shape index (κ2) is 6.68. The van der Waals surface area contributed by atoms with Crippen LogP contribution >= 0.6 is 34.8 Å². The zero-order chi connectivity index (χ0) is 20.2. The van der Waals surface area contributed by atoms with E-state index in [9.17, 15) is 14.4 Å². The summed E-state index contributed by atoms with van der Waals surface area (Å²) < 4.78 is 8.97. The van der Waals surface area contributed by atoms with E-state index in [0.29, 0.717) is 24.8 Å². The molecule has 0 radical (unpaired) electrons. The van der Waals surface area contributed by atoms with E-state index in [0.717, 1.165) is 18.4 Å². The van der Waals surface area contributed by atoms with E-state index in [-0.39, 0.29) is 12.0 Å². The van der Waals surface area contributed by atoms with Gasteiger partial charge in [0.25, 0.3) is 9.70 Å². The van der Waals surface area contributed by atoms with Crippen LogP contribution in [0.5, 0.6) is 0 Å². The maximum atomic E-state index is 12.5. The van der Waals surface area contributed by atoms with Crippen LogP contribution in [0, 0.1) is 11.3 Å². The molecule has 148 valence electrons. The molecule has 4 atom stereocenters. The molecular formula is C18H20Cl3NO5. The van der Waals surface area contributed by atoms with Crippen molar-refractivity contribution in [1.82, 2.24) is 5.32 Å². The fraction of sp³-hybridized carbons (Fsp3) is 0.611. The first-order valence-electron chi connectivity index (χ1n) is 8.59. The number of alkyl carbamates (subject to hydrolysis) is 1. The van der Waals surface area contributed by atoms with Crippen LogP contribution in [0.3, 0.4) is 0 Å². The number of carbonyl (C=O) groups excluding carboxylic acids is 3. The fourth-order valence-electron chi connectivity index (χ4n) is 4.63. The summed E-state index contributed by atoms with van der Waals surface area (Å²) in [7, 11) is 0. The van der Waals surface area contributed by atoms with Crippen LogP contribution in [-0.2, 0) is 19.1 Å². The van der Waals surface area contributed by atoms with Gasteiger partial charge in [0.2, 0.25) is 0 Å². The predicted molar refractivity (Wildman–Crippen MR) is 100 cm³/mol. The third kappa shape index (κ3) is 3.36. The van der Waals surface area contributed by atoms with Crippen molar-refractivity contribution in [2.45, 2.75) is 54.5 Å². The first kappa shape index (κ1) is 20.5. The van der Waals surface area contributed by atoms with Crippen molar-refractivity contribution in [1.29, 1.82) is 0 Å². The highest BCUT2D eigenvalue weighted by molar-refractivity contribution is 6.76. The summed E-state index contributed by atoms with van der Waals surface area (Å²) in [5.41, 5.74) is -0.477. The predicted octanol–water partition coefficient (Wildman–Crippen LogP) is 3.99. The molecule has 0 bridgehead atoms. The van der Waals surface area contributed by atoms with Crippen molar-refractivity contribution in [3.8, 4) is 0 Å². The number of carbonyl (C=O) groups is 3. The number of nitrogens with one attached hydrogen (secondary N) is 1. The third-order valence-corrected chi connectivity index (χ3v) is 6.58. The molecular weight excluding hydrogens is 417 g/mol. The number of imide groups is 1. The number of halogens is 3. The number of alkyl halides is 3. The van der Waals surface area contributed by atoms with E-state index in [1.54, 1.807) is 0 Å². The van der Waals surface area contributed by atoms with Crippen molar-refractivity contribution in [2.75, 3.05) is 0 Å². The highest BCUT2D eigenvalue weighted by atomic mass is 35.6. The molecule has 4 unspecified atom stereocenters. The Balaban J connectivity index is 1.91. The Morgan fingerprint density at radius 2 is 1.96 bits per heavy atom. The molecule has 1 N–H and O–H groups in total.